The van der Waals surface area contributed by atoms with Gasteiger partial charge in [-0.3, -0.25) is 14.3 Å². The van der Waals surface area contributed by atoms with Crippen LogP contribution >= 0.6 is 11.8 Å². The van der Waals surface area contributed by atoms with Crippen LogP contribution in [-0.4, -0.2) is 24.7 Å². The molecular weight excluding hydrogens is 467 g/mol. The van der Waals surface area contributed by atoms with E-state index in [1.165, 1.54) is 30.0 Å². The van der Waals surface area contributed by atoms with Gasteiger partial charge in [0.05, 0.1) is 11.3 Å². The molecule has 0 aliphatic rings. The number of benzene rings is 2. The number of nitrogens with one attached hydrogen (secondary N) is 2. The highest BCUT2D eigenvalue weighted by molar-refractivity contribution is 7.98. The molecule has 0 aliphatic heterocycles. The van der Waals surface area contributed by atoms with Crippen molar-refractivity contribution >= 4 is 11.8 Å². The second-order valence-electron chi connectivity index (χ2n) is 7.80. The fourth-order valence-corrected chi connectivity index (χ4v) is 4.35. The zero-order valence-electron chi connectivity index (χ0n) is 18.2. The van der Waals surface area contributed by atoms with Crippen molar-refractivity contribution in [3.05, 3.63) is 103 Å². The van der Waals surface area contributed by atoms with Gasteiger partial charge in [-0.05, 0) is 48.7 Å². The lowest BCUT2D eigenvalue weighted by Gasteiger charge is -2.14. The lowest BCUT2D eigenvalue weighted by Crippen LogP contribution is -2.23. The Morgan fingerprint density at radius 2 is 1.71 bits per heavy atom. The first-order valence-corrected chi connectivity index (χ1v) is 11.2. The van der Waals surface area contributed by atoms with E-state index in [9.17, 15) is 22.8 Å². The van der Waals surface area contributed by atoms with Gasteiger partial charge in [-0.25, -0.2) is 4.79 Å². The minimum Gasteiger partial charge on any atom is -0.311 e. The van der Waals surface area contributed by atoms with E-state index in [1.807, 2.05) is 36.6 Å². The molecule has 0 saturated carbocycles. The summed E-state index contributed by atoms with van der Waals surface area (Å²) in [6.07, 6.45) is -4.23. The monoisotopic (exact) mass is 487 g/mol. The van der Waals surface area contributed by atoms with E-state index < -0.39 is 23.0 Å². The van der Waals surface area contributed by atoms with Crippen LogP contribution in [0.3, 0.4) is 0 Å². The summed E-state index contributed by atoms with van der Waals surface area (Å²) in [7, 11) is 0. The highest BCUT2D eigenvalue weighted by Gasteiger charge is 2.30. The number of alkyl halides is 3. The van der Waals surface area contributed by atoms with Gasteiger partial charge in [0.2, 0.25) is 0 Å². The van der Waals surface area contributed by atoms with Crippen LogP contribution in [0.5, 0.6) is 0 Å². The lowest BCUT2D eigenvalue weighted by molar-refractivity contribution is -0.137. The van der Waals surface area contributed by atoms with E-state index in [0.717, 1.165) is 28.9 Å². The summed E-state index contributed by atoms with van der Waals surface area (Å²) in [6, 6.07) is 12.2. The Balaban J connectivity index is 1.69. The molecular formula is C23H20F3N5O2S. The summed E-state index contributed by atoms with van der Waals surface area (Å²) in [5, 5.41) is 9.12. The topological polar surface area (TPSA) is 96.4 Å². The van der Waals surface area contributed by atoms with Gasteiger partial charge in [-0.1, -0.05) is 36.0 Å². The van der Waals surface area contributed by atoms with Crippen molar-refractivity contribution in [2.75, 3.05) is 0 Å². The normalized spacial score (nSPS) is 11.7. The molecule has 0 atom stereocenters. The molecule has 2 aromatic carbocycles. The van der Waals surface area contributed by atoms with E-state index in [4.69, 9.17) is 0 Å². The average molecular weight is 488 g/mol. The fraction of sp³-hybridized carbons (Fsp3) is 0.217. The summed E-state index contributed by atoms with van der Waals surface area (Å²) in [5.41, 5.74) is 2.06. The molecule has 2 heterocycles. The smallest absolute Gasteiger partial charge is 0.311 e. The zero-order valence-corrected chi connectivity index (χ0v) is 19.0. The molecule has 0 radical (unpaired) electrons. The number of H-pyrrole nitrogens is 2. The molecule has 34 heavy (non-hydrogen) atoms. The molecule has 0 aliphatic carbocycles. The van der Waals surface area contributed by atoms with Gasteiger partial charge in [0.25, 0.3) is 5.56 Å². The first-order valence-electron chi connectivity index (χ1n) is 10.2. The predicted molar refractivity (Wildman–Crippen MR) is 122 cm³/mol. The third-order valence-corrected chi connectivity index (χ3v) is 6.12. The number of nitrogens with zero attached hydrogens (tertiary/aromatic N) is 3. The lowest BCUT2D eigenvalue weighted by atomic mass is 10.1. The van der Waals surface area contributed by atoms with Crippen LogP contribution < -0.4 is 11.2 Å². The minimum absolute atomic E-state index is 0.153. The molecule has 7 nitrogen and oxygen atoms in total. The number of rotatable bonds is 6. The second-order valence-corrected chi connectivity index (χ2v) is 8.74. The van der Waals surface area contributed by atoms with Crippen LogP contribution in [0.25, 0.3) is 5.69 Å². The molecule has 0 unspecified atom stereocenters. The largest absolute Gasteiger partial charge is 0.416 e. The van der Waals surface area contributed by atoms with Gasteiger partial charge in [0.1, 0.15) is 5.82 Å². The standard InChI is InChI=1S/C23H20F3N5O2S/c1-13-3-4-14(2)18(9-13)31-19(10-17-11-20(32)28-21(33)27-17)29-30-22(31)34-12-15-5-7-16(8-6-15)23(24,25)26/h3-9,11H,10,12H2,1-2H3,(H2,27,28,32,33). The van der Waals surface area contributed by atoms with Crippen LogP contribution in [0.1, 0.15) is 33.8 Å². The van der Waals surface area contributed by atoms with Crippen molar-refractivity contribution < 1.29 is 13.2 Å². The van der Waals surface area contributed by atoms with Gasteiger partial charge in [-0.2, -0.15) is 13.2 Å². The average Bonchev–Trinajstić information content (AvgIpc) is 3.15. The van der Waals surface area contributed by atoms with Crippen LogP contribution in [0.4, 0.5) is 13.2 Å². The Kier molecular flexibility index (Phi) is 6.47. The number of halogens is 3. The number of aromatic amines is 2. The van der Waals surface area contributed by atoms with Crippen molar-refractivity contribution in [2.24, 2.45) is 0 Å². The molecule has 2 aromatic heterocycles. The third-order valence-electron chi connectivity index (χ3n) is 5.12. The highest BCUT2D eigenvalue weighted by atomic mass is 32.2. The van der Waals surface area contributed by atoms with E-state index in [1.54, 1.807) is 0 Å². The molecule has 4 rings (SSSR count). The van der Waals surface area contributed by atoms with Crippen molar-refractivity contribution in [2.45, 2.75) is 37.4 Å². The molecule has 2 N–H and O–H groups in total. The molecule has 11 heteroatoms. The van der Waals surface area contributed by atoms with Crippen LogP contribution in [0, 0.1) is 13.8 Å². The Bertz CT molecular complexity index is 1410. The quantitative estimate of drug-likeness (QED) is 0.398. The maximum atomic E-state index is 12.8. The summed E-state index contributed by atoms with van der Waals surface area (Å²) in [4.78, 5) is 28.1. The summed E-state index contributed by atoms with van der Waals surface area (Å²) in [6.45, 7) is 3.90. The maximum Gasteiger partial charge on any atom is 0.416 e. The van der Waals surface area contributed by atoms with Crippen LogP contribution in [0.2, 0.25) is 0 Å². The minimum atomic E-state index is -4.39. The van der Waals surface area contributed by atoms with Gasteiger partial charge in [0.15, 0.2) is 5.16 Å². The molecule has 4 aromatic rings. The Morgan fingerprint density at radius 1 is 0.971 bits per heavy atom. The van der Waals surface area contributed by atoms with E-state index in [0.29, 0.717) is 28.0 Å². The van der Waals surface area contributed by atoms with Crippen molar-refractivity contribution in [1.29, 1.82) is 0 Å². The molecule has 176 valence electrons. The Labute approximate surface area is 196 Å². The summed E-state index contributed by atoms with van der Waals surface area (Å²) < 4.78 is 40.4. The van der Waals surface area contributed by atoms with Gasteiger partial charge in [-0.15, -0.1) is 10.2 Å². The molecule has 0 amide bonds. The number of thioether (sulfide) groups is 1. The predicted octanol–water partition coefficient (Wildman–Crippen LogP) is 4.16. The van der Waals surface area contributed by atoms with Crippen LogP contribution in [-0.2, 0) is 18.3 Å². The molecule has 0 spiro atoms. The molecule has 0 saturated heterocycles. The number of hydrogen-bond acceptors (Lipinski definition) is 5. The fourth-order valence-electron chi connectivity index (χ4n) is 3.43. The van der Waals surface area contributed by atoms with Gasteiger partial charge >= 0.3 is 11.9 Å². The van der Waals surface area contributed by atoms with Crippen molar-refractivity contribution in [1.82, 2.24) is 24.7 Å². The van der Waals surface area contributed by atoms with E-state index in [-0.39, 0.29) is 6.42 Å². The van der Waals surface area contributed by atoms with E-state index in [2.05, 4.69) is 20.2 Å². The Hall–Kier alpha value is -3.60. The van der Waals surface area contributed by atoms with Crippen LogP contribution in [0.15, 0.2) is 63.3 Å². The second kappa shape index (κ2) is 9.34. The van der Waals surface area contributed by atoms with Gasteiger partial charge < -0.3 is 4.98 Å². The first kappa shape index (κ1) is 23.6. The molecule has 0 fully saturated rings. The maximum absolute atomic E-state index is 12.8. The number of aromatic nitrogens is 5. The number of hydrogen-bond donors (Lipinski definition) is 2. The number of aryl methyl sites for hydroxylation is 2. The highest BCUT2D eigenvalue weighted by Crippen LogP contribution is 2.31. The SMILES string of the molecule is Cc1ccc(C)c(-n2c(Cc3cc(=O)[nH]c(=O)[nH]3)nnc2SCc2ccc(C(F)(F)F)cc2)c1. The first-order chi connectivity index (χ1) is 16.1. The summed E-state index contributed by atoms with van der Waals surface area (Å²) >= 11 is 1.33. The zero-order chi connectivity index (χ0) is 24.5. The van der Waals surface area contributed by atoms with Crippen molar-refractivity contribution in [3.63, 3.8) is 0 Å². The molecule has 0 bridgehead atoms. The van der Waals surface area contributed by atoms with Gasteiger partial charge in [0, 0.05) is 23.9 Å². The van der Waals surface area contributed by atoms with E-state index >= 15 is 0 Å². The third kappa shape index (κ3) is 5.30. The van der Waals surface area contributed by atoms with Crippen molar-refractivity contribution in [3.8, 4) is 5.69 Å². The Morgan fingerprint density at radius 3 is 2.38 bits per heavy atom. The summed E-state index contributed by atoms with van der Waals surface area (Å²) in [5.74, 6) is 0.882.